The minimum Gasteiger partial charge on any atom is -0.396 e. The SMILES string of the molecule is CC.CN(C)S(=O)(=O)c1ccc(NC(=O)c2ccc[n+](C3OC(CO)[C@@H](CO)[C@H]3O)c2)cc1. The first-order valence-corrected chi connectivity index (χ1v) is 12.0. The molecule has 2 unspecified atom stereocenters. The number of sulfonamides is 1. The highest BCUT2D eigenvalue weighted by atomic mass is 32.2. The van der Waals surface area contributed by atoms with Crippen molar-refractivity contribution in [2.75, 3.05) is 32.6 Å². The van der Waals surface area contributed by atoms with Crippen molar-refractivity contribution in [2.24, 2.45) is 5.92 Å². The highest BCUT2D eigenvalue weighted by molar-refractivity contribution is 7.89. The Bertz CT molecular complexity index is 1030. The van der Waals surface area contributed by atoms with Gasteiger partial charge in [0.05, 0.1) is 24.2 Å². The van der Waals surface area contributed by atoms with Gasteiger partial charge in [-0.25, -0.2) is 12.7 Å². The molecule has 3 rings (SSSR count). The fourth-order valence-corrected chi connectivity index (χ4v) is 4.25. The summed E-state index contributed by atoms with van der Waals surface area (Å²) < 4.78 is 32.5. The summed E-state index contributed by atoms with van der Waals surface area (Å²) in [6.45, 7) is 3.31. The number of aliphatic hydroxyl groups excluding tert-OH is 3. The van der Waals surface area contributed by atoms with Gasteiger partial charge in [0.15, 0.2) is 18.5 Å². The standard InChI is InChI=1S/C20H25N3O7S.C2H6/c1-22(2)31(28,29)15-7-5-14(6-8-15)21-19(27)13-4-3-9-23(10-13)20-18(26)16(11-24)17(12-25)30-20;1-2/h3-10,16-18,20,24-26H,11-12H2,1-2H3;1-2H3/p+1/t16-,17?,18-,20?;/m1./s1. The van der Waals surface area contributed by atoms with Gasteiger partial charge >= 0.3 is 0 Å². The first kappa shape index (κ1) is 26.8. The van der Waals surface area contributed by atoms with Crippen LogP contribution < -0.4 is 9.88 Å². The predicted molar refractivity (Wildman–Crippen MR) is 121 cm³/mol. The summed E-state index contributed by atoms with van der Waals surface area (Å²) in [5, 5.41) is 32.0. The van der Waals surface area contributed by atoms with Gasteiger partial charge in [0.1, 0.15) is 5.56 Å². The average molecular weight is 483 g/mol. The maximum Gasteiger partial charge on any atom is 0.289 e. The van der Waals surface area contributed by atoms with E-state index in [-0.39, 0.29) is 23.7 Å². The molecule has 2 heterocycles. The van der Waals surface area contributed by atoms with Crippen LogP contribution in [0.3, 0.4) is 0 Å². The molecule has 1 aromatic carbocycles. The number of pyridine rings is 1. The number of hydrogen-bond acceptors (Lipinski definition) is 7. The molecule has 1 aromatic heterocycles. The Labute approximate surface area is 194 Å². The normalized spacial score (nSPS) is 22.5. The number of amides is 1. The summed E-state index contributed by atoms with van der Waals surface area (Å²) in [4.78, 5) is 12.8. The number of rotatable bonds is 7. The second kappa shape index (κ2) is 11.6. The number of aliphatic hydroxyl groups is 3. The largest absolute Gasteiger partial charge is 0.396 e. The topological polar surface area (TPSA) is 140 Å². The zero-order chi connectivity index (χ0) is 24.8. The Kier molecular flexibility index (Phi) is 9.46. The zero-order valence-corrected chi connectivity index (χ0v) is 19.9. The highest BCUT2D eigenvalue weighted by Gasteiger charge is 2.48. The van der Waals surface area contributed by atoms with Crippen LogP contribution in [0.2, 0.25) is 0 Å². The predicted octanol–water partition coefficient (Wildman–Crippen LogP) is 0.362. The molecule has 0 spiro atoms. The van der Waals surface area contributed by atoms with Crippen molar-refractivity contribution < 1.29 is 37.8 Å². The Morgan fingerprint density at radius 1 is 1.12 bits per heavy atom. The Morgan fingerprint density at radius 2 is 1.76 bits per heavy atom. The monoisotopic (exact) mass is 482 g/mol. The molecule has 4 N–H and O–H groups in total. The van der Waals surface area contributed by atoms with Gasteiger partial charge in [-0.1, -0.05) is 13.8 Å². The van der Waals surface area contributed by atoms with Crippen LogP contribution in [0.25, 0.3) is 0 Å². The third-order valence-corrected chi connectivity index (χ3v) is 7.01. The van der Waals surface area contributed by atoms with E-state index in [1.807, 2.05) is 13.8 Å². The highest BCUT2D eigenvalue weighted by Crippen LogP contribution is 2.30. The Hall–Kier alpha value is -2.41. The van der Waals surface area contributed by atoms with Crippen LogP contribution in [0, 0.1) is 5.92 Å². The fourth-order valence-electron chi connectivity index (χ4n) is 3.35. The van der Waals surface area contributed by atoms with E-state index in [1.165, 1.54) is 49.1 Å². The van der Waals surface area contributed by atoms with Crippen molar-refractivity contribution in [3.63, 3.8) is 0 Å². The molecule has 10 nitrogen and oxygen atoms in total. The van der Waals surface area contributed by atoms with Crippen LogP contribution >= 0.6 is 0 Å². The molecule has 0 bridgehead atoms. The summed E-state index contributed by atoms with van der Waals surface area (Å²) in [6.07, 6.45) is 0.461. The van der Waals surface area contributed by atoms with Gasteiger partial charge < -0.3 is 25.4 Å². The summed E-state index contributed by atoms with van der Waals surface area (Å²) in [7, 11) is -0.691. The number of aromatic nitrogens is 1. The number of nitrogens with zero attached hydrogens (tertiary/aromatic N) is 2. The fraction of sp³-hybridized carbons (Fsp3) is 0.455. The third kappa shape index (κ3) is 5.94. The van der Waals surface area contributed by atoms with E-state index in [4.69, 9.17) is 4.74 Å². The molecule has 33 heavy (non-hydrogen) atoms. The molecule has 1 fully saturated rings. The summed E-state index contributed by atoms with van der Waals surface area (Å²) in [5.74, 6) is -1.08. The van der Waals surface area contributed by atoms with E-state index < -0.39 is 40.3 Å². The summed E-state index contributed by atoms with van der Waals surface area (Å²) >= 11 is 0. The summed E-state index contributed by atoms with van der Waals surface area (Å²) in [5.41, 5.74) is 0.687. The maximum atomic E-state index is 12.7. The molecular formula is C22H32N3O7S+. The van der Waals surface area contributed by atoms with Crippen molar-refractivity contribution in [3.05, 3.63) is 54.4 Å². The molecule has 1 saturated heterocycles. The third-order valence-electron chi connectivity index (χ3n) is 5.18. The van der Waals surface area contributed by atoms with Crippen LogP contribution in [-0.2, 0) is 14.8 Å². The van der Waals surface area contributed by atoms with Crippen molar-refractivity contribution in [1.82, 2.24) is 4.31 Å². The van der Waals surface area contributed by atoms with E-state index in [1.54, 1.807) is 18.3 Å². The number of carbonyl (C=O) groups is 1. The zero-order valence-electron chi connectivity index (χ0n) is 19.1. The number of nitrogens with one attached hydrogen (secondary N) is 1. The molecule has 182 valence electrons. The quantitative estimate of drug-likeness (QED) is 0.418. The lowest BCUT2D eigenvalue weighted by Gasteiger charge is -2.13. The number of carbonyl (C=O) groups excluding carboxylic acids is 1. The van der Waals surface area contributed by atoms with Crippen LogP contribution in [0.15, 0.2) is 53.7 Å². The van der Waals surface area contributed by atoms with E-state index in [0.29, 0.717) is 5.69 Å². The van der Waals surface area contributed by atoms with Crippen molar-refractivity contribution >= 4 is 21.6 Å². The van der Waals surface area contributed by atoms with E-state index in [2.05, 4.69) is 5.32 Å². The van der Waals surface area contributed by atoms with Gasteiger partial charge in [0.25, 0.3) is 12.1 Å². The second-order valence-corrected chi connectivity index (χ2v) is 9.54. The molecule has 0 radical (unpaired) electrons. The van der Waals surface area contributed by atoms with E-state index in [9.17, 15) is 28.5 Å². The minimum absolute atomic E-state index is 0.109. The maximum absolute atomic E-state index is 12.7. The molecular weight excluding hydrogens is 450 g/mol. The van der Waals surface area contributed by atoms with Gasteiger partial charge in [0.2, 0.25) is 10.0 Å². The van der Waals surface area contributed by atoms with Gasteiger partial charge in [-0.05, 0) is 30.3 Å². The molecule has 0 saturated carbocycles. The number of hydrogen-bond donors (Lipinski definition) is 4. The van der Waals surface area contributed by atoms with E-state index >= 15 is 0 Å². The molecule has 1 aliphatic rings. The minimum atomic E-state index is -3.56. The lowest BCUT2D eigenvalue weighted by molar-refractivity contribution is -0.765. The Morgan fingerprint density at radius 3 is 2.27 bits per heavy atom. The van der Waals surface area contributed by atoms with Crippen LogP contribution in [0.5, 0.6) is 0 Å². The van der Waals surface area contributed by atoms with Crippen molar-refractivity contribution in [3.8, 4) is 0 Å². The molecule has 1 aliphatic heterocycles. The average Bonchev–Trinajstić information content (AvgIpc) is 3.16. The number of ether oxygens (including phenoxy) is 1. The number of benzene rings is 1. The lowest BCUT2D eigenvalue weighted by Crippen LogP contribution is -2.45. The number of anilines is 1. The molecule has 1 amide bonds. The molecule has 0 aliphatic carbocycles. The smallest absolute Gasteiger partial charge is 0.289 e. The van der Waals surface area contributed by atoms with Crippen LogP contribution in [0.1, 0.15) is 30.4 Å². The van der Waals surface area contributed by atoms with Gasteiger partial charge in [-0.15, -0.1) is 0 Å². The first-order chi connectivity index (χ1) is 15.7. The van der Waals surface area contributed by atoms with Gasteiger partial charge in [-0.3, -0.25) is 4.79 Å². The second-order valence-electron chi connectivity index (χ2n) is 7.39. The molecule has 4 atom stereocenters. The molecule has 11 heteroatoms. The van der Waals surface area contributed by atoms with Crippen LogP contribution in [-0.4, -0.2) is 73.5 Å². The van der Waals surface area contributed by atoms with Crippen molar-refractivity contribution in [2.45, 2.75) is 37.2 Å². The van der Waals surface area contributed by atoms with Crippen molar-refractivity contribution in [1.29, 1.82) is 0 Å². The lowest BCUT2D eigenvalue weighted by atomic mass is 9.99. The molecule has 2 aromatic rings. The van der Waals surface area contributed by atoms with Gasteiger partial charge in [-0.2, -0.15) is 4.57 Å². The van der Waals surface area contributed by atoms with E-state index in [0.717, 1.165) is 4.31 Å². The summed E-state index contributed by atoms with van der Waals surface area (Å²) in [6, 6.07) is 8.98. The van der Waals surface area contributed by atoms with Crippen LogP contribution in [0.4, 0.5) is 5.69 Å². The first-order valence-electron chi connectivity index (χ1n) is 10.6. The Balaban J connectivity index is 0.00000187. The van der Waals surface area contributed by atoms with Gasteiger partial charge in [0, 0.05) is 31.8 Å².